The highest BCUT2D eigenvalue weighted by molar-refractivity contribution is 7.19. The van der Waals surface area contributed by atoms with Crippen LogP contribution in [-0.4, -0.2) is 51.2 Å². The van der Waals surface area contributed by atoms with Crippen molar-refractivity contribution in [3.8, 4) is 11.5 Å². The summed E-state index contributed by atoms with van der Waals surface area (Å²) >= 11 is 1.84. The molecule has 3 aromatic carbocycles. The Morgan fingerprint density at radius 2 is 1.36 bits per heavy atom. The zero-order chi connectivity index (χ0) is 32.7. The zero-order valence-electron chi connectivity index (χ0n) is 27.8. The number of benzene rings is 3. The van der Waals surface area contributed by atoms with Gasteiger partial charge in [0.15, 0.2) is 0 Å². The molecule has 2 saturated heterocycles. The van der Waals surface area contributed by atoms with E-state index in [1.165, 1.54) is 20.5 Å². The molecule has 248 valence electrons. The maximum atomic E-state index is 13.4. The maximum absolute atomic E-state index is 13.4. The van der Waals surface area contributed by atoms with Crippen LogP contribution in [0.15, 0.2) is 72.8 Å². The predicted octanol–water partition coefficient (Wildman–Crippen LogP) is 7.89. The quantitative estimate of drug-likeness (QED) is 0.144. The number of fused-ring (bicyclic) bond motifs is 9. The summed E-state index contributed by atoms with van der Waals surface area (Å²) in [4.78, 5) is 14.7. The molecule has 0 spiro atoms. The van der Waals surface area contributed by atoms with Gasteiger partial charge in [-0.25, -0.2) is 0 Å². The van der Waals surface area contributed by atoms with Gasteiger partial charge in [0, 0.05) is 39.2 Å². The Morgan fingerprint density at radius 1 is 0.787 bits per heavy atom. The third-order valence-corrected chi connectivity index (χ3v) is 11.3. The molecule has 4 aromatic rings. The Kier molecular flexibility index (Phi) is 9.04. The first-order chi connectivity index (χ1) is 22.7. The summed E-state index contributed by atoms with van der Waals surface area (Å²) in [5.74, 6) is 2.23. The molecule has 47 heavy (non-hydrogen) atoms. The van der Waals surface area contributed by atoms with Crippen molar-refractivity contribution in [2.45, 2.75) is 70.1 Å². The lowest BCUT2D eigenvalue weighted by Crippen LogP contribution is -2.42. The van der Waals surface area contributed by atoms with Gasteiger partial charge >= 0.3 is 5.97 Å². The van der Waals surface area contributed by atoms with Crippen molar-refractivity contribution in [1.29, 1.82) is 0 Å². The molecule has 2 bridgehead atoms. The van der Waals surface area contributed by atoms with Crippen molar-refractivity contribution in [2.24, 2.45) is 17.8 Å². The van der Waals surface area contributed by atoms with Gasteiger partial charge in [0.05, 0.1) is 59.3 Å². The van der Waals surface area contributed by atoms with E-state index in [-0.39, 0.29) is 47.8 Å². The number of methoxy groups -OCH3 is 2. The molecular weight excluding hydrogens is 612 g/mol. The van der Waals surface area contributed by atoms with Crippen LogP contribution in [0, 0.1) is 17.8 Å². The van der Waals surface area contributed by atoms with Crippen molar-refractivity contribution in [2.75, 3.05) is 27.4 Å². The third-order valence-electron chi connectivity index (χ3n) is 9.94. The van der Waals surface area contributed by atoms with Crippen LogP contribution in [0.5, 0.6) is 11.5 Å². The Balaban J connectivity index is 1.16. The SMILES string of the molecule is COc1ccc(COC[C@@H]2[C@H](COCc3ccc(OC)cc3)[C@@H]3O[C@H]2[C@@H]2[C@H]3c3c(sc4ccccc34)[C@H]2CC(=O)OC(C)(C)C)cc1. The lowest BCUT2D eigenvalue weighted by Gasteiger charge is -2.37. The van der Waals surface area contributed by atoms with Crippen LogP contribution in [-0.2, 0) is 37.0 Å². The molecule has 1 aromatic heterocycles. The van der Waals surface area contributed by atoms with Gasteiger partial charge in [-0.3, -0.25) is 4.79 Å². The summed E-state index contributed by atoms with van der Waals surface area (Å²) in [6.45, 7) is 7.94. The number of thiophene rings is 1. The monoisotopic (exact) mass is 656 g/mol. The Bertz CT molecular complexity index is 1690. The average Bonchev–Trinajstić information content (AvgIpc) is 3.79. The van der Waals surface area contributed by atoms with Gasteiger partial charge in [-0.15, -0.1) is 11.3 Å². The van der Waals surface area contributed by atoms with E-state index in [0.717, 1.165) is 22.6 Å². The number of carbonyl (C=O) groups is 1. The van der Waals surface area contributed by atoms with Crippen LogP contribution in [0.1, 0.15) is 60.6 Å². The fourth-order valence-corrected chi connectivity index (χ4v) is 9.45. The zero-order valence-corrected chi connectivity index (χ0v) is 28.6. The van der Waals surface area contributed by atoms with Crippen LogP contribution in [0.3, 0.4) is 0 Å². The summed E-state index contributed by atoms with van der Waals surface area (Å²) in [5, 5.41) is 1.29. The molecule has 2 aliphatic heterocycles. The van der Waals surface area contributed by atoms with Crippen LogP contribution < -0.4 is 9.47 Å². The molecule has 0 amide bonds. The van der Waals surface area contributed by atoms with Gasteiger partial charge in [0.25, 0.3) is 0 Å². The first kappa shape index (κ1) is 32.1. The molecule has 7 atom stereocenters. The minimum atomic E-state index is -0.534. The highest BCUT2D eigenvalue weighted by atomic mass is 32.1. The van der Waals surface area contributed by atoms with E-state index in [1.807, 2.05) is 80.6 Å². The Morgan fingerprint density at radius 3 is 1.94 bits per heavy atom. The standard InChI is InChI=1S/C39H44O7S/c1-39(2,3)46-32(40)18-28-33-35(34-27-8-6-7-9-31(27)47-38(28)34)37-30(22-44-20-24-12-16-26(42-5)17-13-24)29(36(33)45-37)21-43-19-23-10-14-25(41-4)15-11-23/h6-17,28-30,33,35-37H,18-22H2,1-5H3/t28-,29+,30-,33-,35-,36+,37-/m0/s1. The lowest BCUT2D eigenvalue weighted by atomic mass is 9.66. The van der Waals surface area contributed by atoms with E-state index in [0.29, 0.717) is 32.8 Å². The topological polar surface area (TPSA) is 72.5 Å². The van der Waals surface area contributed by atoms with E-state index in [1.54, 1.807) is 14.2 Å². The second kappa shape index (κ2) is 13.2. The molecule has 7 rings (SSSR count). The molecule has 0 unspecified atom stereocenters. The summed E-state index contributed by atoms with van der Waals surface area (Å²) < 4.78 is 37.6. The third kappa shape index (κ3) is 6.41. The summed E-state index contributed by atoms with van der Waals surface area (Å²) in [6.07, 6.45) is 0.292. The van der Waals surface area contributed by atoms with Gasteiger partial charge in [-0.1, -0.05) is 42.5 Å². The van der Waals surface area contributed by atoms with Gasteiger partial charge in [0.2, 0.25) is 0 Å². The molecule has 0 saturated carbocycles. The lowest BCUT2D eigenvalue weighted by molar-refractivity contribution is -0.155. The summed E-state index contributed by atoms with van der Waals surface area (Å²) in [5.41, 5.74) is 3.03. The molecule has 8 heteroatoms. The van der Waals surface area contributed by atoms with Crippen molar-refractivity contribution in [3.63, 3.8) is 0 Å². The molecule has 0 N–H and O–H groups in total. The molecular formula is C39H44O7S. The van der Waals surface area contributed by atoms with E-state index in [2.05, 4.69) is 24.3 Å². The van der Waals surface area contributed by atoms with E-state index in [9.17, 15) is 4.79 Å². The highest BCUT2D eigenvalue weighted by Gasteiger charge is 2.65. The van der Waals surface area contributed by atoms with E-state index < -0.39 is 5.60 Å². The fraction of sp³-hybridized carbons (Fsp3) is 0.462. The number of ether oxygens (including phenoxy) is 6. The van der Waals surface area contributed by atoms with Crippen LogP contribution in [0.4, 0.5) is 0 Å². The van der Waals surface area contributed by atoms with Crippen molar-refractivity contribution < 1.29 is 33.2 Å². The molecule has 7 nitrogen and oxygen atoms in total. The number of esters is 1. The minimum Gasteiger partial charge on any atom is -0.497 e. The number of hydrogen-bond acceptors (Lipinski definition) is 8. The number of rotatable bonds is 12. The van der Waals surface area contributed by atoms with Crippen LogP contribution in [0.2, 0.25) is 0 Å². The van der Waals surface area contributed by atoms with E-state index in [4.69, 9.17) is 28.4 Å². The molecule has 1 aliphatic carbocycles. The first-order valence-corrected chi connectivity index (χ1v) is 17.4. The minimum absolute atomic E-state index is 0.0177. The fourth-order valence-electron chi connectivity index (χ4n) is 8.03. The average molecular weight is 657 g/mol. The maximum Gasteiger partial charge on any atom is 0.306 e. The highest BCUT2D eigenvalue weighted by Crippen LogP contribution is 2.66. The van der Waals surface area contributed by atoms with Gasteiger partial charge in [-0.05, 0) is 73.2 Å². The molecule has 3 aliphatic rings. The predicted molar refractivity (Wildman–Crippen MR) is 182 cm³/mol. The van der Waals surface area contributed by atoms with Gasteiger partial charge in [-0.2, -0.15) is 0 Å². The Labute approximate surface area is 281 Å². The molecule has 2 fully saturated rings. The second-order valence-electron chi connectivity index (χ2n) is 14.0. The molecule has 0 radical (unpaired) electrons. The number of hydrogen-bond donors (Lipinski definition) is 0. The molecule has 3 heterocycles. The summed E-state index contributed by atoms with van der Waals surface area (Å²) in [7, 11) is 3.35. The van der Waals surface area contributed by atoms with Crippen molar-refractivity contribution in [3.05, 3.63) is 94.4 Å². The van der Waals surface area contributed by atoms with Gasteiger partial charge < -0.3 is 28.4 Å². The van der Waals surface area contributed by atoms with Crippen molar-refractivity contribution in [1.82, 2.24) is 0 Å². The Hall–Kier alpha value is -3.43. The smallest absolute Gasteiger partial charge is 0.306 e. The van der Waals surface area contributed by atoms with E-state index >= 15 is 0 Å². The van der Waals surface area contributed by atoms with Crippen LogP contribution in [0.25, 0.3) is 10.1 Å². The second-order valence-corrected chi connectivity index (χ2v) is 15.1. The van der Waals surface area contributed by atoms with Crippen molar-refractivity contribution >= 4 is 27.4 Å². The van der Waals surface area contributed by atoms with Gasteiger partial charge in [0.1, 0.15) is 17.1 Å². The summed E-state index contributed by atoms with van der Waals surface area (Å²) in [6, 6.07) is 24.7. The van der Waals surface area contributed by atoms with Crippen LogP contribution >= 0.6 is 11.3 Å². The largest absolute Gasteiger partial charge is 0.497 e. The number of carbonyl (C=O) groups excluding carboxylic acids is 1. The normalized spacial score (nSPS) is 25.9. The first-order valence-electron chi connectivity index (χ1n) is 16.5.